The van der Waals surface area contributed by atoms with Crippen molar-refractivity contribution in [3.05, 3.63) is 28.2 Å². The molecule has 1 aromatic rings. The summed E-state index contributed by atoms with van der Waals surface area (Å²) in [4.78, 5) is 4.54. The van der Waals surface area contributed by atoms with Gasteiger partial charge in [0, 0.05) is 9.72 Å². The molecule has 1 aromatic carbocycles. The Balaban J connectivity index is 1.68. The Hall–Kier alpha value is -0.990. The van der Waals surface area contributed by atoms with E-state index in [1.807, 2.05) is 30.0 Å². The zero-order chi connectivity index (χ0) is 12.5. The first kappa shape index (κ1) is 12.1. The normalized spacial score (nSPS) is 22.4. The molecule has 0 spiro atoms. The van der Waals surface area contributed by atoms with E-state index in [-0.39, 0.29) is 0 Å². The summed E-state index contributed by atoms with van der Waals surface area (Å²) in [5.41, 5.74) is 1.63. The van der Waals surface area contributed by atoms with Gasteiger partial charge in [-0.2, -0.15) is 5.26 Å². The average molecular weight is 322 g/mol. The van der Waals surface area contributed by atoms with Crippen LogP contribution in [0.2, 0.25) is 0 Å². The van der Waals surface area contributed by atoms with Crippen molar-refractivity contribution in [1.29, 1.82) is 5.26 Å². The molecule has 18 heavy (non-hydrogen) atoms. The zero-order valence-corrected chi connectivity index (χ0v) is 12.1. The van der Waals surface area contributed by atoms with Crippen LogP contribution in [-0.2, 0) is 0 Å². The van der Waals surface area contributed by atoms with E-state index in [1.54, 1.807) is 0 Å². The van der Waals surface area contributed by atoms with E-state index in [4.69, 9.17) is 5.26 Å². The molecule has 92 valence electrons. The van der Waals surface area contributed by atoms with Gasteiger partial charge >= 0.3 is 0 Å². The van der Waals surface area contributed by atoms with Gasteiger partial charge in [0.15, 0.2) is 5.17 Å². The van der Waals surface area contributed by atoms with Crippen LogP contribution in [-0.4, -0.2) is 17.0 Å². The van der Waals surface area contributed by atoms with Crippen LogP contribution in [0.4, 0.5) is 5.69 Å². The number of nitriles is 1. The van der Waals surface area contributed by atoms with Crippen LogP contribution < -0.4 is 5.32 Å². The second-order valence-electron chi connectivity index (χ2n) is 4.57. The van der Waals surface area contributed by atoms with E-state index in [9.17, 15) is 0 Å². The third kappa shape index (κ3) is 2.55. The topological polar surface area (TPSA) is 48.2 Å². The lowest BCUT2D eigenvalue weighted by Crippen LogP contribution is -2.09. The van der Waals surface area contributed by atoms with Gasteiger partial charge in [0.25, 0.3) is 0 Å². The van der Waals surface area contributed by atoms with Crippen molar-refractivity contribution in [1.82, 2.24) is 0 Å². The number of halogens is 1. The molecule has 0 radical (unpaired) electrons. The van der Waals surface area contributed by atoms with Gasteiger partial charge < -0.3 is 5.32 Å². The van der Waals surface area contributed by atoms with Crippen molar-refractivity contribution in [3.63, 3.8) is 0 Å². The van der Waals surface area contributed by atoms with Gasteiger partial charge in [-0.05, 0) is 52.9 Å². The van der Waals surface area contributed by atoms with Gasteiger partial charge in [0.1, 0.15) is 0 Å². The second kappa shape index (κ2) is 4.94. The van der Waals surface area contributed by atoms with Gasteiger partial charge in [-0.15, -0.1) is 0 Å². The van der Waals surface area contributed by atoms with Crippen molar-refractivity contribution in [3.8, 4) is 6.07 Å². The molecule has 5 heteroatoms. The molecule has 3 nitrogen and oxygen atoms in total. The number of hydrogen-bond acceptors (Lipinski definition) is 4. The summed E-state index contributed by atoms with van der Waals surface area (Å²) >= 11 is 5.32. The predicted octanol–water partition coefficient (Wildman–Crippen LogP) is 3.61. The SMILES string of the molecule is N#Cc1ccc(NC2=NCC(C3CC3)S2)c(Br)c1. The van der Waals surface area contributed by atoms with Crippen molar-refractivity contribution >= 4 is 38.5 Å². The molecule has 0 aromatic heterocycles. The molecule has 1 saturated carbocycles. The smallest absolute Gasteiger partial charge is 0.161 e. The number of amidine groups is 1. The first-order valence-corrected chi connectivity index (χ1v) is 7.61. The quantitative estimate of drug-likeness (QED) is 0.905. The maximum Gasteiger partial charge on any atom is 0.161 e. The lowest BCUT2D eigenvalue weighted by molar-refractivity contribution is 0.773. The third-order valence-electron chi connectivity index (χ3n) is 3.17. The maximum atomic E-state index is 8.82. The number of nitrogens with one attached hydrogen (secondary N) is 1. The number of nitrogens with zero attached hydrogens (tertiary/aromatic N) is 2. The minimum absolute atomic E-state index is 0.657. The van der Waals surface area contributed by atoms with Crippen LogP contribution in [0.5, 0.6) is 0 Å². The highest BCUT2D eigenvalue weighted by Crippen LogP contribution is 2.42. The van der Waals surface area contributed by atoms with Crippen molar-refractivity contribution in [2.75, 3.05) is 11.9 Å². The third-order valence-corrected chi connectivity index (χ3v) is 5.11. The van der Waals surface area contributed by atoms with Crippen LogP contribution in [0, 0.1) is 17.2 Å². The van der Waals surface area contributed by atoms with Crippen LogP contribution >= 0.6 is 27.7 Å². The standard InChI is InChI=1S/C13H12BrN3S/c14-10-5-8(6-15)1-4-11(10)17-13-16-7-12(18-13)9-2-3-9/h1,4-5,9,12H,2-3,7H2,(H,16,17). The molecule has 1 aliphatic heterocycles. The summed E-state index contributed by atoms with van der Waals surface area (Å²) in [7, 11) is 0. The number of aliphatic imine (C=N–C) groups is 1. The molecular formula is C13H12BrN3S. The summed E-state index contributed by atoms with van der Waals surface area (Å²) < 4.78 is 0.903. The molecule has 0 saturated heterocycles. The fourth-order valence-electron chi connectivity index (χ4n) is 1.97. The summed E-state index contributed by atoms with van der Waals surface area (Å²) in [6, 6.07) is 7.67. The van der Waals surface area contributed by atoms with Gasteiger partial charge in [-0.3, -0.25) is 4.99 Å². The molecular weight excluding hydrogens is 310 g/mol. The van der Waals surface area contributed by atoms with Crippen molar-refractivity contribution in [2.45, 2.75) is 18.1 Å². The highest BCUT2D eigenvalue weighted by molar-refractivity contribution is 9.10. The van der Waals surface area contributed by atoms with E-state index in [0.717, 1.165) is 27.8 Å². The number of thioether (sulfide) groups is 1. The first-order valence-electron chi connectivity index (χ1n) is 5.94. The number of benzene rings is 1. The Bertz CT molecular complexity index is 546. The molecule has 1 unspecified atom stereocenters. The van der Waals surface area contributed by atoms with Crippen LogP contribution in [0.3, 0.4) is 0 Å². The molecule has 0 amide bonds. The molecule has 2 aliphatic rings. The molecule has 0 bridgehead atoms. The number of anilines is 1. The lowest BCUT2D eigenvalue weighted by atomic mass is 10.2. The zero-order valence-electron chi connectivity index (χ0n) is 9.69. The fourth-order valence-corrected chi connectivity index (χ4v) is 3.67. The van der Waals surface area contributed by atoms with Crippen molar-refractivity contribution < 1.29 is 0 Å². The van der Waals surface area contributed by atoms with E-state index in [0.29, 0.717) is 10.8 Å². The van der Waals surface area contributed by atoms with E-state index in [2.05, 4.69) is 32.3 Å². The highest BCUT2D eigenvalue weighted by atomic mass is 79.9. The van der Waals surface area contributed by atoms with Crippen LogP contribution in [0.25, 0.3) is 0 Å². The minimum atomic E-state index is 0.657. The van der Waals surface area contributed by atoms with Crippen LogP contribution in [0.15, 0.2) is 27.7 Å². The van der Waals surface area contributed by atoms with E-state index in [1.165, 1.54) is 12.8 Å². The lowest BCUT2D eigenvalue weighted by Gasteiger charge is -2.09. The Kier molecular flexibility index (Phi) is 3.31. The Morgan fingerprint density at radius 3 is 2.94 bits per heavy atom. The van der Waals surface area contributed by atoms with E-state index < -0.39 is 0 Å². The molecule has 1 heterocycles. The Morgan fingerprint density at radius 2 is 2.28 bits per heavy atom. The van der Waals surface area contributed by atoms with Gasteiger partial charge in [-0.25, -0.2) is 0 Å². The largest absolute Gasteiger partial charge is 0.334 e. The second-order valence-corrected chi connectivity index (χ2v) is 6.65. The van der Waals surface area contributed by atoms with Crippen LogP contribution in [0.1, 0.15) is 18.4 Å². The number of rotatable bonds is 2. The minimum Gasteiger partial charge on any atom is -0.334 e. The average Bonchev–Trinajstić information content (AvgIpc) is 3.13. The van der Waals surface area contributed by atoms with Gasteiger partial charge in [0.05, 0.1) is 23.9 Å². The molecule has 1 N–H and O–H groups in total. The summed E-state index contributed by atoms with van der Waals surface area (Å²) in [5, 5.41) is 13.8. The molecule has 1 atom stereocenters. The Labute approximate surface area is 119 Å². The predicted molar refractivity (Wildman–Crippen MR) is 78.9 cm³/mol. The highest BCUT2D eigenvalue weighted by Gasteiger charge is 2.35. The summed E-state index contributed by atoms with van der Waals surface area (Å²) in [5.74, 6) is 0.877. The summed E-state index contributed by atoms with van der Waals surface area (Å²) in [6.07, 6.45) is 2.72. The van der Waals surface area contributed by atoms with E-state index >= 15 is 0 Å². The molecule has 1 aliphatic carbocycles. The summed E-state index contributed by atoms with van der Waals surface area (Å²) in [6.45, 7) is 0.936. The molecule has 3 rings (SSSR count). The fraction of sp³-hybridized carbons (Fsp3) is 0.385. The van der Waals surface area contributed by atoms with Gasteiger partial charge in [0.2, 0.25) is 0 Å². The maximum absolute atomic E-state index is 8.82. The van der Waals surface area contributed by atoms with Crippen molar-refractivity contribution in [2.24, 2.45) is 10.9 Å². The Morgan fingerprint density at radius 1 is 1.44 bits per heavy atom. The number of hydrogen-bond donors (Lipinski definition) is 1. The first-order chi connectivity index (χ1) is 8.76. The van der Waals surface area contributed by atoms with Gasteiger partial charge in [-0.1, -0.05) is 11.8 Å². The molecule has 1 fully saturated rings. The monoisotopic (exact) mass is 321 g/mol.